The second-order valence-corrected chi connectivity index (χ2v) is 15.2. The van der Waals surface area contributed by atoms with E-state index in [-0.39, 0.29) is 42.9 Å². The molecule has 0 aliphatic heterocycles. The van der Waals surface area contributed by atoms with Gasteiger partial charge >= 0.3 is 12.1 Å². The molecule has 58 heavy (non-hydrogen) atoms. The SMILES string of the molecule is CC(=O)Oc1ccc(-c2cn3c(OC(=O)N(C)CCN(C)C(=O)CC(C)(C)C4=CC(=O)C(C)=C(C)C4=O)c(Cc4ccccc4)nc3c(Cc3ccccc3)n2)cc1. The molecule has 2 heterocycles. The van der Waals surface area contributed by atoms with Crippen molar-refractivity contribution >= 4 is 35.2 Å². The van der Waals surface area contributed by atoms with Crippen LogP contribution in [0.3, 0.4) is 0 Å². The van der Waals surface area contributed by atoms with Crippen molar-refractivity contribution in [2.45, 2.75) is 53.9 Å². The van der Waals surface area contributed by atoms with Crippen molar-refractivity contribution in [2.24, 2.45) is 5.41 Å². The lowest BCUT2D eigenvalue weighted by Gasteiger charge is -2.31. The van der Waals surface area contributed by atoms with E-state index < -0.39 is 17.5 Å². The van der Waals surface area contributed by atoms with E-state index in [0.717, 1.165) is 16.7 Å². The highest BCUT2D eigenvalue weighted by atomic mass is 16.6. The fraction of sp³-hybridized carbons (Fsp3) is 0.283. The Hall–Kier alpha value is -6.69. The maximum absolute atomic E-state index is 13.9. The third-order valence-electron chi connectivity index (χ3n) is 10.3. The Balaban J connectivity index is 1.27. The summed E-state index contributed by atoms with van der Waals surface area (Å²) < 4.78 is 13.2. The van der Waals surface area contributed by atoms with Crippen LogP contribution >= 0.6 is 0 Å². The summed E-state index contributed by atoms with van der Waals surface area (Å²) in [6, 6.07) is 26.7. The smallest absolute Gasteiger partial charge is 0.416 e. The average Bonchev–Trinajstić information content (AvgIpc) is 3.54. The number of carbonyl (C=O) groups is 5. The number of nitrogens with zero attached hydrogens (tertiary/aromatic N) is 5. The van der Waals surface area contributed by atoms with Gasteiger partial charge in [0.05, 0.1) is 11.4 Å². The predicted molar refractivity (Wildman–Crippen MR) is 219 cm³/mol. The molecular formula is C46H47N5O7. The Morgan fingerprint density at radius 3 is 1.93 bits per heavy atom. The quantitative estimate of drug-likeness (QED) is 0.0688. The molecule has 5 aromatic rings. The summed E-state index contributed by atoms with van der Waals surface area (Å²) >= 11 is 0. The molecule has 0 atom stereocenters. The van der Waals surface area contributed by atoms with Crippen LogP contribution in [0.2, 0.25) is 0 Å². The highest BCUT2D eigenvalue weighted by Crippen LogP contribution is 2.36. The number of allylic oxidation sites excluding steroid dienone is 4. The molecule has 2 amide bonds. The van der Waals surface area contributed by atoms with Crippen LogP contribution in [0, 0.1) is 5.41 Å². The minimum atomic E-state index is -0.888. The van der Waals surface area contributed by atoms with Gasteiger partial charge in [0.2, 0.25) is 11.8 Å². The maximum atomic E-state index is 13.9. The molecule has 0 saturated carbocycles. The summed E-state index contributed by atoms with van der Waals surface area (Å²) in [7, 11) is 3.23. The monoisotopic (exact) mass is 781 g/mol. The second kappa shape index (κ2) is 17.2. The number of Topliss-reactive ketones (excluding diaryl/α,β-unsaturated/α-hetero) is 1. The Bertz CT molecular complexity index is 2450. The maximum Gasteiger partial charge on any atom is 0.416 e. The largest absolute Gasteiger partial charge is 0.427 e. The van der Waals surface area contributed by atoms with E-state index in [9.17, 15) is 24.0 Å². The number of fused-ring (bicyclic) bond motifs is 1. The number of amides is 2. The number of aromatic nitrogens is 3. The van der Waals surface area contributed by atoms with E-state index in [4.69, 9.17) is 19.4 Å². The molecule has 12 heteroatoms. The number of rotatable bonds is 13. The number of hydrogen-bond donors (Lipinski definition) is 0. The number of imidazole rings is 1. The van der Waals surface area contributed by atoms with E-state index in [2.05, 4.69) is 0 Å². The van der Waals surface area contributed by atoms with Crippen LogP contribution in [0.5, 0.6) is 11.6 Å². The van der Waals surface area contributed by atoms with Gasteiger partial charge in [-0.05, 0) is 55.3 Å². The molecule has 0 radical (unpaired) electrons. The molecule has 0 fully saturated rings. The number of ether oxygens (including phenoxy) is 2. The van der Waals surface area contributed by atoms with Gasteiger partial charge < -0.3 is 19.3 Å². The molecule has 0 N–H and O–H groups in total. The standard InChI is InChI=1S/C46H47N5O7/c1-29-30(2)42(55)36(26-40(29)53)46(4,5)27-41(54)49(6)22-23-50(7)45(56)58-44-38(25-33-16-12-9-13-17-33)48-43-37(24-32-14-10-8-11-15-32)47-39(28-51(43)44)34-18-20-35(21-19-34)57-31(3)52/h8-21,26,28H,22-25,27H2,1-7H3. The number of ketones is 2. The number of likely N-dealkylation sites (N-methyl/N-ethyl adjacent to an activating group) is 2. The van der Waals surface area contributed by atoms with Gasteiger partial charge in [0.25, 0.3) is 0 Å². The fourth-order valence-electron chi connectivity index (χ4n) is 6.70. The van der Waals surface area contributed by atoms with Gasteiger partial charge in [0.15, 0.2) is 17.2 Å². The molecule has 298 valence electrons. The molecule has 0 spiro atoms. The first-order valence-corrected chi connectivity index (χ1v) is 19.0. The van der Waals surface area contributed by atoms with Crippen molar-refractivity contribution in [3.63, 3.8) is 0 Å². The molecule has 6 rings (SSSR count). The molecule has 3 aromatic carbocycles. The summed E-state index contributed by atoms with van der Waals surface area (Å²) in [5, 5.41) is 0. The first kappa shape index (κ1) is 41.0. The van der Waals surface area contributed by atoms with Crippen molar-refractivity contribution < 1.29 is 33.4 Å². The second-order valence-electron chi connectivity index (χ2n) is 15.2. The van der Waals surface area contributed by atoms with Crippen LogP contribution in [0.15, 0.2) is 114 Å². The third kappa shape index (κ3) is 9.29. The lowest BCUT2D eigenvalue weighted by Crippen LogP contribution is -2.40. The van der Waals surface area contributed by atoms with Gasteiger partial charge in [-0.15, -0.1) is 0 Å². The zero-order chi connectivity index (χ0) is 41.7. The minimum Gasteiger partial charge on any atom is -0.427 e. The summed E-state index contributed by atoms with van der Waals surface area (Å²) in [5.41, 5.74) is 5.27. The molecule has 12 nitrogen and oxygen atoms in total. The zero-order valence-electron chi connectivity index (χ0n) is 33.9. The summed E-state index contributed by atoms with van der Waals surface area (Å²) in [5.74, 6) is -0.488. The Labute approximate surface area is 337 Å². The molecule has 0 bridgehead atoms. The number of hydrogen-bond acceptors (Lipinski definition) is 9. The van der Waals surface area contributed by atoms with Crippen molar-refractivity contribution in [1.29, 1.82) is 0 Å². The van der Waals surface area contributed by atoms with Gasteiger partial charge in [-0.3, -0.25) is 23.6 Å². The first-order valence-electron chi connectivity index (χ1n) is 19.0. The lowest BCUT2D eigenvalue weighted by molar-refractivity contribution is -0.132. The van der Waals surface area contributed by atoms with Gasteiger partial charge in [-0.2, -0.15) is 0 Å². The van der Waals surface area contributed by atoms with Crippen LogP contribution in [-0.2, 0) is 32.0 Å². The average molecular weight is 782 g/mol. The molecule has 1 aliphatic carbocycles. The molecule has 0 saturated heterocycles. The highest BCUT2D eigenvalue weighted by Gasteiger charge is 2.36. The van der Waals surface area contributed by atoms with E-state index in [1.54, 1.807) is 76.7 Å². The number of benzene rings is 3. The van der Waals surface area contributed by atoms with Crippen LogP contribution in [-0.4, -0.2) is 80.9 Å². The van der Waals surface area contributed by atoms with Crippen LogP contribution < -0.4 is 9.47 Å². The first-order chi connectivity index (χ1) is 27.6. The summed E-state index contributed by atoms with van der Waals surface area (Å²) in [6.45, 7) is 8.49. The fourth-order valence-corrected chi connectivity index (χ4v) is 6.70. The lowest BCUT2D eigenvalue weighted by atomic mass is 9.74. The van der Waals surface area contributed by atoms with Gasteiger partial charge in [0.1, 0.15) is 11.4 Å². The van der Waals surface area contributed by atoms with E-state index in [1.165, 1.54) is 22.8 Å². The van der Waals surface area contributed by atoms with Crippen LogP contribution in [0.1, 0.15) is 63.6 Å². The normalized spacial score (nSPS) is 13.1. The molecular weight excluding hydrogens is 735 g/mol. The minimum absolute atomic E-state index is 0.00629. The van der Waals surface area contributed by atoms with Gasteiger partial charge in [-0.25, -0.2) is 14.8 Å². The zero-order valence-corrected chi connectivity index (χ0v) is 33.9. The number of esters is 1. The van der Waals surface area contributed by atoms with Crippen molar-refractivity contribution in [3.8, 4) is 22.9 Å². The predicted octanol–water partition coefficient (Wildman–Crippen LogP) is 7.22. The summed E-state index contributed by atoms with van der Waals surface area (Å²) in [6.07, 6.45) is 3.29. The highest BCUT2D eigenvalue weighted by molar-refractivity contribution is 6.22. The van der Waals surface area contributed by atoms with E-state index in [0.29, 0.717) is 58.0 Å². The van der Waals surface area contributed by atoms with Crippen molar-refractivity contribution in [3.05, 3.63) is 136 Å². The van der Waals surface area contributed by atoms with E-state index in [1.807, 2.05) is 60.7 Å². The number of carbonyl (C=O) groups excluding carboxylic acids is 5. The van der Waals surface area contributed by atoms with E-state index >= 15 is 0 Å². The Morgan fingerprint density at radius 2 is 1.33 bits per heavy atom. The Morgan fingerprint density at radius 1 is 0.741 bits per heavy atom. The Kier molecular flexibility index (Phi) is 12.2. The molecule has 2 aromatic heterocycles. The summed E-state index contributed by atoms with van der Waals surface area (Å²) in [4.78, 5) is 77.4. The third-order valence-corrected chi connectivity index (χ3v) is 10.3. The van der Waals surface area contributed by atoms with Crippen LogP contribution in [0.4, 0.5) is 4.79 Å². The van der Waals surface area contributed by atoms with Gasteiger partial charge in [-0.1, -0.05) is 74.5 Å². The topological polar surface area (TPSA) is 140 Å². The molecule has 1 aliphatic rings. The molecule has 0 unspecified atom stereocenters. The van der Waals surface area contributed by atoms with Gasteiger partial charge in [0, 0.05) is 87.3 Å². The van der Waals surface area contributed by atoms with Crippen LogP contribution in [0.25, 0.3) is 16.9 Å². The van der Waals surface area contributed by atoms with Crippen molar-refractivity contribution in [2.75, 3.05) is 27.2 Å². The van der Waals surface area contributed by atoms with Crippen molar-refractivity contribution in [1.82, 2.24) is 24.2 Å².